The van der Waals surface area contributed by atoms with E-state index in [0.717, 1.165) is 30.8 Å². The van der Waals surface area contributed by atoms with Crippen LogP contribution in [0.2, 0.25) is 5.02 Å². The van der Waals surface area contributed by atoms with Crippen molar-refractivity contribution in [1.29, 1.82) is 0 Å². The van der Waals surface area contributed by atoms with E-state index in [0.29, 0.717) is 29.0 Å². The van der Waals surface area contributed by atoms with Gasteiger partial charge < -0.3 is 14.0 Å². The Balaban J connectivity index is 1.85. The van der Waals surface area contributed by atoms with Gasteiger partial charge in [0.25, 0.3) is 0 Å². The monoisotopic (exact) mass is 365 g/mol. The molecule has 0 radical (unpaired) electrons. The first kappa shape index (κ1) is 18.0. The molecule has 0 saturated carbocycles. The first-order valence-electron chi connectivity index (χ1n) is 8.51. The van der Waals surface area contributed by atoms with Gasteiger partial charge in [-0.2, -0.15) is 4.98 Å². The summed E-state index contributed by atoms with van der Waals surface area (Å²) in [7, 11) is 3.26. The summed E-state index contributed by atoms with van der Waals surface area (Å²) in [4.78, 5) is 6.90. The quantitative estimate of drug-likeness (QED) is 0.764. The van der Waals surface area contributed by atoms with Crippen LogP contribution in [0.3, 0.4) is 0 Å². The Kier molecular flexibility index (Phi) is 5.49. The molecule has 1 atom stereocenters. The lowest BCUT2D eigenvalue weighted by Gasteiger charge is -2.23. The topological polar surface area (TPSA) is 60.6 Å². The molecule has 2 aromatic rings. The van der Waals surface area contributed by atoms with Gasteiger partial charge >= 0.3 is 0 Å². The molecule has 0 N–H and O–H groups in total. The van der Waals surface area contributed by atoms with E-state index in [1.165, 1.54) is 0 Å². The zero-order chi connectivity index (χ0) is 18.0. The molecule has 1 aromatic carbocycles. The van der Waals surface area contributed by atoms with Crippen LogP contribution in [0.5, 0.6) is 11.5 Å². The summed E-state index contributed by atoms with van der Waals surface area (Å²) in [6, 6.07) is 3.80. The molecule has 7 heteroatoms. The summed E-state index contributed by atoms with van der Waals surface area (Å²) in [5.74, 6) is 3.05. The highest BCUT2D eigenvalue weighted by Gasteiger charge is 2.32. The fraction of sp³-hybridized carbons (Fsp3) is 0.556. The molecular weight excluding hydrogens is 342 g/mol. The molecular formula is C18H24ClN3O3. The molecule has 3 rings (SSSR count). The summed E-state index contributed by atoms with van der Waals surface area (Å²) in [5, 5.41) is 4.73. The Bertz CT molecular complexity index is 732. The standard InChI is InChI=1S/C18H24ClN3O3/c1-11(2)17-20-18(25-21-17)14-6-5-7-22(14)10-12-8-13(19)9-15(23-3)16(12)24-4/h8-9,11,14H,5-7,10H2,1-4H3. The van der Waals surface area contributed by atoms with E-state index in [2.05, 4.69) is 28.9 Å². The van der Waals surface area contributed by atoms with Gasteiger partial charge in [0.15, 0.2) is 17.3 Å². The summed E-state index contributed by atoms with van der Waals surface area (Å²) in [5.41, 5.74) is 0.988. The van der Waals surface area contributed by atoms with Crippen LogP contribution in [0.15, 0.2) is 16.7 Å². The van der Waals surface area contributed by atoms with Gasteiger partial charge in [0, 0.05) is 29.1 Å². The van der Waals surface area contributed by atoms with Gasteiger partial charge in [-0.1, -0.05) is 30.6 Å². The van der Waals surface area contributed by atoms with Gasteiger partial charge in [0.05, 0.1) is 20.3 Å². The number of hydrogen-bond acceptors (Lipinski definition) is 6. The number of halogens is 1. The molecule has 1 aliphatic rings. The molecule has 6 nitrogen and oxygen atoms in total. The zero-order valence-electron chi connectivity index (χ0n) is 15.1. The van der Waals surface area contributed by atoms with Crippen molar-refractivity contribution in [2.75, 3.05) is 20.8 Å². The molecule has 1 fully saturated rings. The van der Waals surface area contributed by atoms with Crippen molar-refractivity contribution in [3.05, 3.63) is 34.4 Å². The van der Waals surface area contributed by atoms with Gasteiger partial charge in [-0.05, 0) is 25.5 Å². The largest absolute Gasteiger partial charge is 0.493 e. The molecule has 25 heavy (non-hydrogen) atoms. The number of benzene rings is 1. The Hall–Kier alpha value is -1.79. The van der Waals surface area contributed by atoms with Crippen LogP contribution in [-0.2, 0) is 6.54 Å². The number of likely N-dealkylation sites (tertiary alicyclic amines) is 1. The summed E-state index contributed by atoms with van der Waals surface area (Å²) >= 11 is 6.24. The maximum absolute atomic E-state index is 6.24. The molecule has 0 amide bonds. The second-order valence-electron chi connectivity index (χ2n) is 6.57. The number of aromatic nitrogens is 2. The second kappa shape index (κ2) is 7.62. The van der Waals surface area contributed by atoms with Gasteiger partial charge in [-0.3, -0.25) is 4.90 Å². The SMILES string of the molecule is COc1cc(Cl)cc(CN2CCCC2c2nc(C(C)C)no2)c1OC. The molecule has 0 bridgehead atoms. The van der Waals surface area contributed by atoms with Crippen molar-refractivity contribution in [1.82, 2.24) is 15.0 Å². The number of hydrogen-bond donors (Lipinski definition) is 0. The maximum atomic E-state index is 6.24. The van der Waals surface area contributed by atoms with Crippen molar-refractivity contribution in [3.8, 4) is 11.5 Å². The number of methoxy groups -OCH3 is 2. The average Bonchev–Trinajstić information content (AvgIpc) is 3.23. The molecule has 1 saturated heterocycles. The third-order valence-corrected chi connectivity index (χ3v) is 4.73. The summed E-state index contributed by atoms with van der Waals surface area (Å²) < 4.78 is 16.5. The van der Waals surface area contributed by atoms with E-state index in [-0.39, 0.29) is 12.0 Å². The lowest BCUT2D eigenvalue weighted by Crippen LogP contribution is -2.23. The van der Waals surface area contributed by atoms with Crippen molar-refractivity contribution < 1.29 is 14.0 Å². The zero-order valence-corrected chi connectivity index (χ0v) is 15.8. The Labute approximate surface area is 153 Å². The van der Waals surface area contributed by atoms with Gasteiger partial charge in [-0.15, -0.1) is 0 Å². The highest BCUT2D eigenvalue weighted by Crippen LogP contribution is 2.38. The lowest BCUT2D eigenvalue weighted by atomic mass is 10.1. The van der Waals surface area contributed by atoms with E-state index >= 15 is 0 Å². The second-order valence-corrected chi connectivity index (χ2v) is 7.01. The molecule has 0 aliphatic carbocycles. The van der Waals surface area contributed by atoms with Gasteiger partial charge in [-0.25, -0.2) is 0 Å². The van der Waals surface area contributed by atoms with Crippen LogP contribution >= 0.6 is 11.6 Å². The van der Waals surface area contributed by atoms with Crippen LogP contribution in [-0.4, -0.2) is 35.8 Å². The third-order valence-electron chi connectivity index (χ3n) is 4.52. The minimum Gasteiger partial charge on any atom is -0.493 e. The molecule has 136 valence electrons. The molecule has 2 heterocycles. The van der Waals surface area contributed by atoms with E-state index < -0.39 is 0 Å². The summed E-state index contributed by atoms with van der Waals surface area (Å²) in [6.07, 6.45) is 2.09. The Morgan fingerprint density at radius 2 is 2.12 bits per heavy atom. The van der Waals surface area contributed by atoms with E-state index in [4.69, 9.17) is 25.6 Å². The van der Waals surface area contributed by atoms with Crippen molar-refractivity contribution >= 4 is 11.6 Å². The fourth-order valence-corrected chi connectivity index (χ4v) is 3.49. The third kappa shape index (κ3) is 3.75. The van der Waals surface area contributed by atoms with Crippen LogP contribution in [0, 0.1) is 0 Å². The normalized spacial score (nSPS) is 18.1. The summed E-state index contributed by atoms with van der Waals surface area (Å²) in [6.45, 7) is 5.76. The number of nitrogens with zero attached hydrogens (tertiary/aromatic N) is 3. The maximum Gasteiger partial charge on any atom is 0.244 e. The molecule has 1 unspecified atom stereocenters. The Morgan fingerprint density at radius 1 is 1.32 bits per heavy atom. The first-order chi connectivity index (χ1) is 12.0. The molecule has 1 aliphatic heterocycles. The highest BCUT2D eigenvalue weighted by molar-refractivity contribution is 6.30. The first-order valence-corrected chi connectivity index (χ1v) is 8.89. The van der Waals surface area contributed by atoms with Crippen LogP contribution in [0.4, 0.5) is 0 Å². The molecule has 0 spiro atoms. The fourth-order valence-electron chi connectivity index (χ4n) is 3.25. The van der Waals surface area contributed by atoms with E-state index in [1.807, 2.05) is 6.07 Å². The molecule has 1 aromatic heterocycles. The average molecular weight is 366 g/mol. The van der Waals surface area contributed by atoms with Crippen LogP contribution in [0.25, 0.3) is 0 Å². The number of rotatable bonds is 6. The minimum atomic E-state index is 0.120. The smallest absolute Gasteiger partial charge is 0.244 e. The van der Waals surface area contributed by atoms with Crippen LogP contribution in [0.1, 0.15) is 55.9 Å². The van der Waals surface area contributed by atoms with Crippen LogP contribution < -0.4 is 9.47 Å². The number of ether oxygens (including phenoxy) is 2. The predicted octanol–water partition coefficient (Wildman–Crippen LogP) is 4.20. The Morgan fingerprint density at radius 3 is 2.76 bits per heavy atom. The van der Waals surface area contributed by atoms with Gasteiger partial charge in [0.1, 0.15) is 0 Å². The van der Waals surface area contributed by atoms with Gasteiger partial charge in [0.2, 0.25) is 5.89 Å². The van der Waals surface area contributed by atoms with E-state index in [9.17, 15) is 0 Å². The minimum absolute atomic E-state index is 0.120. The van der Waals surface area contributed by atoms with E-state index in [1.54, 1.807) is 20.3 Å². The van der Waals surface area contributed by atoms with Crippen molar-refractivity contribution in [3.63, 3.8) is 0 Å². The highest BCUT2D eigenvalue weighted by atomic mass is 35.5. The lowest BCUT2D eigenvalue weighted by molar-refractivity contribution is 0.198. The van der Waals surface area contributed by atoms with Crippen molar-refractivity contribution in [2.45, 2.75) is 45.2 Å². The predicted molar refractivity (Wildman–Crippen MR) is 95.3 cm³/mol. The van der Waals surface area contributed by atoms with Crippen molar-refractivity contribution in [2.24, 2.45) is 0 Å².